The molecule has 2 heterocycles. The Morgan fingerprint density at radius 1 is 1.28 bits per heavy atom. The van der Waals surface area contributed by atoms with Crippen molar-refractivity contribution in [1.82, 2.24) is 4.90 Å². The monoisotopic (exact) mass is 403 g/mol. The number of carbonyl (C=O) groups excluding carboxylic acids is 2. The van der Waals surface area contributed by atoms with Crippen LogP contribution in [0.25, 0.3) is 0 Å². The number of carbonyl (C=O) groups is 2. The molecule has 2 aromatic rings. The molecule has 0 N–H and O–H groups in total. The number of amides is 1. The maximum Gasteiger partial charge on any atom is 0.270 e. The van der Waals surface area contributed by atoms with Gasteiger partial charge in [-0.3, -0.25) is 14.6 Å². The molecule has 0 fully saturated rings. The first kappa shape index (κ1) is 17.4. The van der Waals surface area contributed by atoms with Gasteiger partial charge in [-0.1, -0.05) is 18.2 Å². The number of benzene rings is 1. The lowest BCUT2D eigenvalue weighted by Crippen LogP contribution is -2.35. The fraction of sp³-hybridized carbons (Fsp3) is 0.278. The quantitative estimate of drug-likeness (QED) is 0.768. The average Bonchev–Trinajstić information content (AvgIpc) is 3.21. The van der Waals surface area contributed by atoms with E-state index in [0.717, 1.165) is 5.69 Å². The number of furan rings is 1. The van der Waals surface area contributed by atoms with E-state index in [9.17, 15) is 9.59 Å². The minimum atomic E-state index is -0.451. The Kier molecular flexibility index (Phi) is 5.03. The molecule has 1 aromatic heterocycles. The van der Waals surface area contributed by atoms with E-state index in [4.69, 9.17) is 4.42 Å². The summed E-state index contributed by atoms with van der Waals surface area (Å²) in [4.78, 5) is 26.2. The maximum atomic E-state index is 12.7. The third kappa shape index (κ3) is 3.82. The summed E-state index contributed by atoms with van der Waals surface area (Å²) in [5.41, 5.74) is 1.17. The molecule has 6 nitrogen and oxygen atoms in total. The number of halogens is 1. The second kappa shape index (κ2) is 7.23. The van der Waals surface area contributed by atoms with Gasteiger partial charge in [0.2, 0.25) is 0 Å². The number of nitrogens with zero attached hydrogens (tertiary/aromatic N) is 3. The molecule has 1 aromatic carbocycles. The van der Waals surface area contributed by atoms with Gasteiger partial charge in [-0.2, -0.15) is 5.10 Å². The highest BCUT2D eigenvalue weighted by Gasteiger charge is 2.35. The minimum Gasteiger partial charge on any atom is -0.452 e. The molecule has 0 radical (unpaired) electrons. The zero-order valence-corrected chi connectivity index (χ0v) is 15.6. The highest BCUT2D eigenvalue weighted by Crippen LogP contribution is 2.25. The molecule has 1 atom stereocenters. The van der Waals surface area contributed by atoms with Crippen molar-refractivity contribution in [1.29, 1.82) is 0 Å². The summed E-state index contributed by atoms with van der Waals surface area (Å²) in [5.74, 6) is 0.439. The molecule has 1 unspecified atom stereocenters. The molecule has 0 spiro atoms. The van der Waals surface area contributed by atoms with E-state index in [1.165, 1.54) is 11.8 Å². The van der Waals surface area contributed by atoms with Gasteiger partial charge in [-0.25, -0.2) is 0 Å². The molecule has 0 saturated carbocycles. The third-order valence-electron chi connectivity index (χ3n) is 4.02. The SMILES string of the molecule is CC(=O)C1CC(C(=O)N(C)Cc2ccc(Br)o2)=NN1c1ccccc1. The molecule has 0 saturated heterocycles. The zero-order chi connectivity index (χ0) is 18.0. The van der Waals surface area contributed by atoms with Crippen molar-refractivity contribution in [3.63, 3.8) is 0 Å². The van der Waals surface area contributed by atoms with Crippen LogP contribution in [0.5, 0.6) is 0 Å². The van der Waals surface area contributed by atoms with Crippen molar-refractivity contribution in [3.05, 3.63) is 52.9 Å². The minimum absolute atomic E-state index is 0.0204. The van der Waals surface area contributed by atoms with E-state index >= 15 is 0 Å². The van der Waals surface area contributed by atoms with Crippen molar-refractivity contribution in [3.8, 4) is 0 Å². The van der Waals surface area contributed by atoms with Gasteiger partial charge in [0, 0.05) is 13.5 Å². The maximum absolute atomic E-state index is 12.7. The molecule has 25 heavy (non-hydrogen) atoms. The van der Waals surface area contributed by atoms with Crippen LogP contribution < -0.4 is 5.01 Å². The Morgan fingerprint density at radius 3 is 2.60 bits per heavy atom. The van der Waals surface area contributed by atoms with Crippen molar-refractivity contribution in [2.45, 2.75) is 25.9 Å². The van der Waals surface area contributed by atoms with E-state index < -0.39 is 6.04 Å². The number of para-hydroxylation sites is 1. The van der Waals surface area contributed by atoms with Crippen LogP contribution in [0.1, 0.15) is 19.1 Å². The number of anilines is 1. The number of hydrogen-bond acceptors (Lipinski definition) is 5. The molecular formula is C18H18BrN3O3. The predicted octanol–water partition coefficient (Wildman–Crippen LogP) is 3.22. The van der Waals surface area contributed by atoms with Crippen molar-refractivity contribution in [2.75, 3.05) is 12.1 Å². The molecule has 1 aliphatic rings. The van der Waals surface area contributed by atoms with Crippen LogP contribution >= 0.6 is 15.9 Å². The Hall–Kier alpha value is -2.41. The summed E-state index contributed by atoms with van der Waals surface area (Å²) in [6, 6.07) is 12.5. The van der Waals surface area contributed by atoms with Crippen LogP contribution in [0.3, 0.4) is 0 Å². The fourth-order valence-corrected chi connectivity index (χ4v) is 3.08. The first-order chi connectivity index (χ1) is 12.0. The number of rotatable bonds is 5. The highest BCUT2D eigenvalue weighted by molar-refractivity contribution is 9.10. The number of hydrogen-bond donors (Lipinski definition) is 0. The van der Waals surface area contributed by atoms with Crippen LogP contribution in [0, 0.1) is 0 Å². The van der Waals surface area contributed by atoms with Gasteiger partial charge >= 0.3 is 0 Å². The number of hydrazone groups is 1. The molecule has 130 valence electrons. The summed E-state index contributed by atoms with van der Waals surface area (Å²) < 4.78 is 6.05. The standard InChI is InChI=1S/C18H18BrN3O3/c1-12(23)16-10-15(20-22(16)13-6-4-3-5-7-13)18(24)21(2)11-14-8-9-17(19)25-14/h3-9,16H,10-11H2,1-2H3. The molecule has 0 bridgehead atoms. The summed E-state index contributed by atoms with van der Waals surface area (Å²) in [6.07, 6.45) is 0.301. The van der Waals surface area contributed by atoms with E-state index in [2.05, 4.69) is 21.0 Å². The Labute approximate surface area is 154 Å². The van der Waals surface area contributed by atoms with Crippen LogP contribution in [0.15, 0.2) is 56.7 Å². The van der Waals surface area contributed by atoms with Gasteiger partial charge in [0.1, 0.15) is 17.5 Å². The van der Waals surface area contributed by atoms with Gasteiger partial charge < -0.3 is 9.32 Å². The molecule has 1 aliphatic heterocycles. The molecular weight excluding hydrogens is 386 g/mol. The Balaban J connectivity index is 1.78. The lowest BCUT2D eigenvalue weighted by atomic mass is 10.1. The van der Waals surface area contributed by atoms with Gasteiger partial charge in [0.05, 0.1) is 12.2 Å². The average molecular weight is 404 g/mol. The third-order valence-corrected chi connectivity index (χ3v) is 4.44. The van der Waals surface area contributed by atoms with Crippen LogP contribution in [-0.4, -0.2) is 35.4 Å². The first-order valence-corrected chi connectivity index (χ1v) is 8.67. The van der Waals surface area contributed by atoms with E-state index in [-0.39, 0.29) is 11.7 Å². The topological polar surface area (TPSA) is 66.1 Å². The summed E-state index contributed by atoms with van der Waals surface area (Å²) in [5, 5.41) is 6.06. The number of ketones is 1. The van der Waals surface area contributed by atoms with Crippen molar-refractivity contribution < 1.29 is 14.0 Å². The van der Waals surface area contributed by atoms with Crippen molar-refractivity contribution in [2.24, 2.45) is 5.10 Å². The lowest BCUT2D eigenvalue weighted by molar-refractivity contribution is -0.123. The van der Waals surface area contributed by atoms with E-state index in [1.807, 2.05) is 30.3 Å². The Morgan fingerprint density at radius 2 is 2.00 bits per heavy atom. The smallest absolute Gasteiger partial charge is 0.270 e. The molecule has 3 rings (SSSR count). The molecule has 0 aliphatic carbocycles. The van der Waals surface area contributed by atoms with Gasteiger partial charge in [0.25, 0.3) is 5.91 Å². The van der Waals surface area contributed by atoms with E-state index in [0.29, 0.717) is 29.1 Å². The lowest BCUT2D eigenvalue weighted by Gasteiger charge is -2.20. The van der Waals surface area contributed by atoms with Crippen LogP contribution in [0.4, 0.5) is 5.69 Å². The summed E-state index contributed by atoms with van der Waals surface area (Å²) in [7, 11) is 1.69. The van der Waals surface area contributed by atoms with E-state index in [1.54, 1.807) is 24.2 Å². The number of Topliss-reactive ketones (excluding diaryl/α,β-unsaturated/α-hetero) is 1. The normalized spacial score (nSPS) is 16.7. The summed E-state index contributed by atoms with van der Waals surface area (Å²) in [6.45, 7) is 1.85. The summed E-state index contributed by atoms with van der Waals surface area (Å²) >= 11 is 3.24. The second-order valence-corrected chi connectivity index (χ2v) is 6.71. The largest absolute Gasteiger partial charge is 0.452 e. The molecule has 7 heteroatoms. The van der Waals surface area contributed by atoms with Gasteiger partial charge in [0.15, 0.2) is 10.5 Å². The fourth-order valence-electron chi connectivity index (χ4n) is 2.74. The highest BCUT2D eigenvalue weighted by atomic mass is 79.9. The predicted molar refractivity (Wildman–Crippen MR) is 98.3 cm³/mol. The Bertz CT molecular complexity index is 816. The van der Waals surface area contributed by atoms with Gasteiger partial charge in [-0.05, 0) is 47.1 Å². The van der Waals surface area contributed by atoms with Crippen LogP contribution in [-0.2, 0) is 16.1 Å². The molecule has 1 amide bonds. The first-order valence-electron chi connectivity index (χ1n) is 7.87. The van der Waals surface area contributed by atoms with Gasteiger partial charge in [-0.15, -0.1) is 0 Å². The van der Waals surface area contributed by atoms with Crippen molar-refractivity contribution >= 4 is 39.0 Å². The zero-order valence-electron chi connectivity index (χ0n) is 14.0. The van der Waals surface area contributed by atoms with Crippen LogP contribution in [0.2, 0.25) is 0 Å². The second-order valence-electron chi connectivity index (χ2n) is 5.92.